The monoisotopic (exact) mass is 402 g/mol. The Kier molecular flexibility index (Phi) is 8.75. The molecular formula is C27H40F2. The van der Waals surface area contributed by atoms with Gasteiger partial charge in [0.25, 0.3) is 0 Å². The molecule has 29 heavy (non-hydrogen) atoms. The van der Waals surface area contributed by atoms with Crippen molar-refractivity contribution in [2.24, 2.45) is 17.8 Å². The van der Waals surface area contributed by atoms with Crippen molar-refractivity contribution in [2.75, 3.05) is 0 Å². The van der Waals surface area contributed by atoms with E-state index in [0.29, 0.717) is 23.8 Å². The van der Waals surface area contributed by atoms with E-state index >= 15 is 0 Å². The lowest BCUT2D eigenvalue weighted by atomic mass is 9.76. The Balaban J connectivity index is 1.51. The molecule has 1 aromatic rings. The topological polar surface area (TPSA) is 0 Å². The van der Waals surface area contributed by atoms with Gasteiger partial charge in [-0.3, -0.25) is 0 Å². The molecule has 0 saturated heterocycles. The maximum Gasteiger partial charge on any atom is 0.129 e. The van der Waals surface area contributed by atoms with Crippen LogP contribution in [0.5, 0.6) is 0 Å². The van der Waals surface area contributed by atoms with E-state index in [1.807, 2.05) is 6.08 Å². The summed E-state index contributed by atoms with van der Waals surface area (Å²) in [5.41, 5.74) is 1.21. The third-order valence-corrected chi connectivity index (χ3v) is 7.85. The Bertz CT molecular complexity index is 611. The van der Waals surface area contributed by atoms with Crippen molar-refractivity contribution in [3.05, 3.63) is 47.5 Å². The van der Waals surface area contributed by atoms with Gasteiger partial charge in [-0.05, 0) is 92.7 Å². The van der Waals surface area contributed by atoms with Crippen molar-refractivity contribution in [3.63, 3.8) is 0 Å². The number of rotatable bonds is 9. The van der Waals surface area contributed by atoms with Gasteiger partial charge in [0.05, 0.1) is 0 Å². The van der Waals surface area contributed by atoms with Crippen LogP contribution >= 0.6 is 0 Å². The summed E-state index contributed by atoms with van der Waals surface area (Å²) in [5, 5.41) is 0. The molecule has 0 N–H and O–H groups in total. The van der Waals surface area contributed by atoms with Crippen molar-refractivity contribution in [1.29, 1.82) is 0 Å². The summed E-state index contributed by atoms with van der Waals surface area (Å²) in [6.45, 7) is 6.06. The zero-order chi connectivity index (χ0) is 20.6. The van der Waals surface area contributed by atoms with E-state index in [9.17, 15) is 8.78 Å². The molecule has 3 rings (SSSR count). The average molecular weight is 403 g/mol. The second-order valence-electron chi connectivity index (χ2n) is 9.73. The van der Waals surface area contributed by atoms with Gasteiger partial charge in [-0.1, -0.05) is 51.5 Å². The van der Waals surface area contributed by atoms with Crippen LogP contribution < -0.4 is 0 Å². The molecule has 2 aliphatic carbocycles. The Labute approximate surface area is 177 Å². The molecule has 0 radical (unpaired) electrons. The van der Waals surface area contributed by atoms with Crippen LogP contribution in [0, 0.1) is 29.4 Å². The van der Waals surface area contributed by atoms with Gasteiger partial charge in [0.1, 0.15) is 11.6 Å². The average Bonchev–Trinajstić information content (AvgIpc) is 2.74. The molecule has 0 amide bonds. The van der Waals surface area contributed by atoms with Crippen LogP contribution in [0.15, 0.2) is 24.8 Å². The molecule has 0 unspecified atom stereocenters. The third-order valence-electron chi connectivity index (χ3n) is 7.85. The van der Waals surface area contributed by atoms with E-state index in [-0.39, 0.29) is 11.6 Å². The molecule has 0 aliphatic heterocycles. The van der Waals surface area contributed by atoms with Crippen LogP contribution in [0.25, 0.3) is 0 Å². The summed E-state index contributed by atoms with van der Waals surface area (Å²) in [5.74, 6) is 2.01. The summed E-state index contributed by atoms with van der Waals surface area (Å²) in [4.78, 5) is 0. The zero-order valence-electron chi connectivity index (χ0n) is 18.4. The van der Waals surface area contributed by atoms with Crippen LogP contribution in [0.2, 0.25) is 0 Å². The number of benzene rings is 1. The first-order chi connectivity index (χ1) is 14.1. The predicted molar refractivity (Wildman–Crippen MR) is 119 cm³/mol. The molecule has 1 aromatic carbocycles. The van der Waals surface area contributed by atoms with E-state index in [2.05, 4.69) is 13.5 Å². The molecule has 0 spiro atoms. The standard InChI is InChI=1S/C27H40F2/c1-3-5-6-7-21-12-15-23(16-13-21)24-18-26(28)25(27(29)19-24)17-14-22-10-8-20(4-2)9-11-22/h3,18-23H,1,4-17H2,2H3. The Morgan fingerprint density at radius 2 is 1.41 bits per heavy atom. The minimum absolute atomic E-state index is 0.310. The molecule has 0 bridgehead atoms. The second kappa shape index (κ2) is 11.3. The van der Waals surface area contributed by atoms with Gasteiger partial charge < -0.3 is 0 Å². The molecule has 0 atom stereocenters. The van der Waals surface area contributed by atoms with Crippen molar-refractivity contribution in [3.8, 4) is 0 Å². The molecule has 2 heteroatoms. The highest BCUT2D eigenvalue weighted by Crippen LogP contribution is 2.39. The number of allylic oxidation sites excluding steroid dienone is 1. The highest BCUT2D eigenvalue weighted by atomic mass is 19.1. The van der Waals surface area contributed by atoms with Gasteiger partial charge in [-0.15, -0.1) is 6.58 Å². The van der Waals surface area contributed by atoms with Crippen LogP contribution in [-0.4, -0.2) is 0 Å². The molecule has 162 valence electrons. The third kappa shape index (κ3) is 6.40. The lowest BCUT2D eigenvalue weighted by Crippen LogP contribution is -2.16. The molecule has 2 saturated carbocycles. The summed E-state index contributed by atoms with van der Waals surface area (Å²) < 4.78 is 29.5. The normalized spacial score (nSPS) is 27.7. The van der Waals surface area contributed by atoms with E-state index in [1.54, 1.807) is 12.1 Å². The van der Waals surface area contributed by atoms with Gasteiger partial charge >= 0.3 is 0 Å². The lowest BCUT2D eigenvalue weighted by Gasteiger charge is -2.29. The summed E-state index contributed by atoms with van der Waals surface area (Å²) in [6, 6.07) is 3.30. The van der Waals surface area contributed by atoms with Crippen LogP contribution in [0.3, 0.4) is 0 Å². The highest BCUT2D eigenvalue weighted by molar-refractivity contribution is 5.29. The van der Waals surface area contributed by atoms with E-state index in [1.165, 1.54) is 57.8 Å². The SMILES string of the molecule is C=CCCCC1CCC(c2cc(F)c(CCC3CCC(CC)CC3)c(F)c2)CC1. The van der Waals surface area contributed by atoms with Crippen LogP contribution in [0.1, 0.15) is 107 Å². The summed E-state index contributed by atoms with van der Waals surface area (Å²) in [7, 11) is 0. The van der Waals surface area contributed by atoms with Crippen LogP contribution in [0.4, 0.5) is 8.78 Å². The molecule has 2 aliphatic rings. The maximum atomic E-state index is 14.8. The second-order valence-corrected chi connectivity index (χ2v) is 9.73. The molecular weight excluding hydrogens is 362 g/mol. The van der Waals surface area contributed by atoms with Gasteiger partial charge in [0.2, 0.25) is 0 Å². The number of hydrogen-bond acceptors (Lipinski definition) is 0. The van der Waals surface area contributed by atoms with Gasteiger partial charge in [-0.25, -0.2) is 8.78 Å². The van der Waals surface area contributed by atoms with E-state index in [0.717, 1.165) is 43.1 Å². The molecule has 0 heterocycles. The number of hydrogen-bond donors (Lipinski definition) is 0. The first-order valence-electron chi connectivity index (χ1n) is 12.2. The molecule has 2 fully saturated rings. The fourth-order valence-electron chi connectivity index (χ4n) is 5.71. The Morgan fingerprint density at radius 3 is 2.00 bits per heavy atom. The van der Waals surface area contributed by atoms with Crippen molar-refractivity contribution < 1.29 is 8.78 Å². The van der Waals surface area contributed by atoms with Crippen molar-refractivity contribution in [1.82, 2.24) is 0 Å². The molecule has 0 aromatic heterocycles. The molecule has 0 nitrogen and oxygen atoms in total. The minimum Gasteiger partial charge on any atom is -0.207 e. The van der Waals surface area contributed by atoms with Crippen molar-refractivity contribution in [2.45, 2.75) is 103 Å². The quantitative estimate of drug-likeness (QED) is 0.286. The number of halogens is 2. The largest absolute Gasteiger partial charge is 0.207 e. The van der Waals surface area contributed by atoms with E-state index < -0.39 is 0 Å². The lowest BCUT2D eigenvalue weighted by molar-refractivity contribution is 0.257. The first-order valence-corrected chi connectivity index (χ1v) is 12.2. The van der Waals surface area contributed by atoms with Gasteiger partial charge in [-0.2, -0.15) is 0 Å². The van der Waals surface area contributed by atoms with Crippen LogP contribution in [-0.2, 0) is 6.42 Å². The summed E-state index contributed by atoms with van der Waals surface area (Å²) in [6.07, 6.45) is 17.9. The first kappa shape index (κ1) is 22.5. The number of unbranched alkanes of at least 4 members (excludes halogenated alkanes) is 1. The Morgan fingerprint density at radius 1 is 0.862 bits per heavy atom. The van der Waals surface area contributed by atoms with Crippen molar-refractivity contribution >= 4 is 0 Å². The maximum absolute atomic E-state index is 14.8. The van der Waals surface area contributed by atoms with Gasteiger partial charge in [0, 0.05) is 5.56 Å². The van der Waals surface area contributed by atoms with E-state index in [4.69, 9.17) is 0 Å². The smallest absolute Gasteiger partial charge is 0.129 e. The fourth-order valence-corrected chi connectivity index (χ4v) is 5.71. The highest BCUT2D eigenvalue weighted by Gasteiger charge is 2.25. The predicted octanol–water partition coefficient (Wildman–Crippen LogP) is 8.74. The Hall–Kier alpha value is -1.18. The zero-order valence-corrected chi connectivity index (χ0v) is 18.4. The fraction of sp³-hybridized carbons (Fsp3) is 0.704. The van der Waals surface area contributed by atoms with Gasteiger partial charge in [0.15, 0.2) is 0 Å². The summed E-state index contributed by atoms with van der Waals surface area (Å²) >= 11 is 0. The minimum atomic E-state index is -0.310.